The van der Waals surface area contributed by atoms with Crippen molar-refractivity contribution in [2.75, 3.05) is 14.2 Å². The maximum absolute atomic E-state index is 12.3. The van der Waals surface area contributed by atoms with Crippen LogP contribution in [0.2, 0.25) is 0 Å². The average molecular weight is 366 g/mol. The van der Waals surface area contributed by atoms with Crippen LogP contribution in [-0.4, -0.2) is 14.2 Å². The van der Waals surface area contributed by atoms with Crippen molar-refractivity contribution in [3.8, 4) is 23.0 Å². The van der Waals surface area contributed by atoms with Gasteiger partial charge in [0.2, 0.25) is 5.75 Å². The molecule has 7 nitrogen and oxygen atoms in total. The second kappa shape index (κ2) is 6.53. The number of ether oxygens (including phenoxy) is 3. The molecule has 2 aromatic carbocycles. The molecule has 7 heteroatoms. The van der Waals surface area contributed by atoms with Gasteiger partial charge in [-0.05, 0) is 30.3 Å². The SMILES string of the molecule is COc1cc2cc(Oc3ccc4ccc(=O)oc4c3)c(=O)oc2cc1OC. The Kier molecular flexibility index (Phi) is 4.04. The molecule has 0 N–H and O–H groups in total. The summed E-state index contributed by atoms with van der Waals surface area (Å²) in [5.41, 5.74) is -0.415. The van der Waals surface area contributed by atoms with E-state index in [9.17, 15) is 9.59 Å². The number of hydrogen-bond acceptors (Lipinski definition) is 7. The second-order valence-electron chi connectivity index (χ2n) is 5.70. The zero-order valence-corrected chi connectivity index (χ0v) is 14.5. The molecule has 0 unspecified atom stereocenters. The van der Waals surface area contributed by atoms with E-state index in [4.69, 9.17) is 23.0 Å². The largest absolute Gasteiger partial charge is 0.493 e. The third kappa shape index (κ3) is 3.10. The third-order valence-electron chi connectivity index (χ3n) is 4.03. The first-order valence-electron chi connectivity index (χ1n) is 7.99. The van der Waals surface area contributed by atoms with Crippen LogP contribution >= 0.6 is 0 Å². The van der Waals surface area contributed by atoms with Crippen molar-refractivity contribution in [2.24, 2.45) is 0 Å². The Morgan fingerprint density at radius 1 is 0.704 bits per heavy atom. The number of benzene rings is 2. The molecule has 0 saturated carbocycles. The van der Waals surface area contributed by atoms with Crippen LogP contribution in [0.15, 0.2) is 67.0 Å². The van der Waals surface area contributed by atoms with Gasteiger partial charge in [0.25, 0.3) is 0 Å². The Bertz CT molecular complexity index is 1270. The number of methoxy groups -OCH3 is 2. The number of hydrogen-bond donors (Lipinski definition) is 0. The Balaban J connectivity index is 1.78. The van der Waals surface area contributed by atoms with Crippen LogP contribution in [0.4, 0.5) is 0 Å². The minimum Gasteiger partial charge on any atom is -0.493 e. The van der Waals surface area contributed by atoms with E-state index in [1.165, 1.54) is 26.4 Å². The molecule has 0 radical (unpaired) electrons. The number of fused-ring (bicyclic) bond motifs is 2. The normalized spacial score (nSPS) is 10.9. The fourth-order valence-corrected chi connectivity index (χ4v) is 2.73. The molecular weight excluding hydrogens is 352 g/mol. The summed E-state index contributed by atoms with van der Waals surface area (Å²) in [5, 5.41) is 1.35. The highest BCUT2D eigenvalue weighted by atomic mass is 16.5. The molecule has 0 amide bonds. The molecule has 0 fully saturated rings. The zero-order chi connectivity index (χ0) is 19.0. The first kappa shape index (κ1) is 16.7. The van der Waals surface area contributed by atoms with Gasteiger partial charge in [0.1, 0.15) is 16.9 Å². The fraction of sp³-hybridized carbons (Fsp3) is 0.100. The molecule has 0 saturated heterocycles. The molecular formula is C20H14O7. The van der Waals surface area contributed by atoms with Gasteiger partial charge in [0.15, 0.2) is 11.5 Å². The maximum atomic E-state index is 12.3. The van der Waals surface area contributed by atoms with Gasteiger partial charge in [0.05, 0.1) is 14.2 Å². The highest BCUT2D eigenvalue weighted by Crippen LogP contribution is 2.33. The molecule has 4 rings (SSSR count). The van der Waals surface area contributed by atoms with Crippen LogP contribution in [0.3, 0.4) is 0 Å². The molecule has 0 spiro atoms. The molecule has 136 valence electrons. The van der Waals surface area contributed by atoms with E-state index in [-0.39, 0.29) is 5.75 Å². The molecule has 2 heterocycles. The Labute approximate surface area is 152 Å². The van der Waals surface area contributed by atoms with E-state index >= 15 is 0 Å². The van der Waals surface area contributed by atoms with E-state index < -0.39 is 11.3 Å². The molecule has 0 bridgehead atoms. The molecule has 0 aliphatic heterocycles. The molecule has 0 aliphatic rings. The Morgan fingerprint density at radius 2 is 1.37 bits per heavy atom. The van der Waals surface area contributed by atoms with E-state index in [0.717, 1.165) is 5.39 Å². The van der Waals surface area contributed by atoms with Gasteiger partial charge in [-0.2, -0.15) is 0 Å². The van der Waals surface area contributed by atoms with E-state index in [2.05, 4.69) is 0 Å². The minimum atomic E-state index is -0.649. The van der Waals surface area contributed by atoms with Gasteiger partial charge in [-0.25, -0.2) is 9.59 Å². The smallest absolute Gasteiger partial charge is 0.379 e. The summed E-state index contributed by atoms with van der Waals surface area (Å²) in [6.07, 6.45) is 0. The summed E-state index contributed by atoms with van der Waals surface area (Å²) >= 11 is 0. The predicted octanol–water partition coefficient (Wildman–Crippen LogP) is 3.71. The van der Waals surface area contributed by atoms with Gasteiger partial charge in [-0.3, -0.25) is 0 Å². The summed E-state index contributed by atoms with van der Waals surface area (Å²) in [6.45, 7) is 0. The highest BCUT2D eigenvalue weighted by Gasteiger charge is 2.13. The molecule has 27 heavy (non-hydrogen) atoms. The quantitative estimate of drug-likeness (QED) is 0.509. The van der Waals surface area contributed by atoms with Crippen LogP contribution in [0.1, 0.15) is 0 Å². The van der Waals surface area contributed by atoms with Crippen LogP contribution in [0, 0.1) is 0 Å². The van der Waals surface area contributed by atoms with E-state index in [1.807, 2.05) is 0 Å². The first-order valence-corrected chi connectivity index (χ1v) is 7.99. The lowest BCUT2D eigenvalue weighted by atomic mass is 10.2. The molecule has 0 atom stereocenters. The van der Waals surface area contributed by atoms with Crippen molar-refractivity contribution in [1.82, 2.24) is 0 Å². The molecule has 4 aromatic rings. The van der Waals surface area contributed by atoms with Crippen molar-refractivity contribution >= 4 is 21.9 Å². The van der Waals surface area contributed by atoms with E-state index in [0.29, 0.717) is 33.8 Å². The van der Waals surface area contributed by atoms with Gasteiger partial charge in [-0.1, -0.05) is 0 Å². The van der Waals surface area contributed by atoms with Crippen molar-refractivity contribution in [3.05, 3.63) is 69.4 Å². The lowest BCUT2D eigenvalue weighted by molar-refractivity contribution is 0.354. The predicted molar refractivity (Wildman–Crippen MR) is 98.1 cm³/mol. The summed E-state index contributed by atoms with van der Waals surface area (Å²) in [5.74, 6) is 1.28. The van der Waals surface area contributed by atoms with Gasteiger partial charge >= 0.3 is 11.3 Å². The lowest BCUT2D eigenvalue weighted by Crippen LogP contribution is -2.03. The molecule has 0 aliphatic carbocycles. The highest BCUT2D eigenvalue weighted by molar-refractivity contribution is 5.82. The van der Waals surface area contributed by atoms with Crippen molar-refractivity contribution in [1.29, 1.82) is 0 Å². The summed E-state index contributed by atoms with van der Waals surface area (Å²) in [7, 11) is 3.01. The maximum Gasteiger partial charge on any atom is 0.379 e. The monoisotopic (exact) mass is 366 g/mol. The standard InChI is InChI=1S/C20H14O7/c1-23-16-7-12-8-18(20(22)27-15(12)10-17(16)24-2)25-13-5-3-11-4-6-19(21)26-14(11)9-13/h3-10H,1-2H3. The van der Waals surface area contributed by atoms with Crippen molar-refractivity contribution in [2.45, 2.75) is 0 Å². The van der Waals surface area contributed by atoms with E-state index in [1.54, 1.807) is 36.4 Å². The van der Waals surface area contributed by atoms with Gasteiger partial charge in [0, 0.05) is 29.0 Å². The summed E-state index contributed by atoms with van der Waals surface area (Å²) in [6, 6.07) is 12.7. The zero-order valence-electron chi connectivity index (χ0n) is 14.5. The third-order valence-corrected chi connectivity index (χ3v) is 4.03. The summed E-state index contributed by atoms with van der Waals surface area (Å²) in [4.78, 5) is 23.6. The molecule has 2 aromatic heterocycles. The Hall–Kier alpha value is -3.74. The lowest BCUT2D eigenvalue weighted by Gasteiger charge is -2.10. The first-order chi connectivity index (χ1) is 13.1. The minimum absolute atomic E-state index is 0.00709. The average Bonchev–Trinajstić information content (AvgIpc) is 2.67. The topological polar surface area (TPSA) is 88.1 Å². The van der Waals surface area contributed by atoms with Crippen LogP contribution in [0.5, 0.6) is 23.0 Å². The van der Waals surface area contributed by atoms with Gasteiger partial charge < -0.3 is 23.0 Å². The van der Waals surface area contributed by atoms with Crippen LogP contribution < -0.4 is 25.5 Å². The fourth-order valence-electron chi connectivity index (χ4n) is 2.73. The van der Waals surface area contributed by atoms with Gasteiger partial charge in [-0.15, -0.1) is 0 Å². The van der Waals surface area contributed by atoms with Crippen LogP contribution in [-0.2, 0) is 0 Å². The van der Waals surface area contributed by atoms with Crippen molar-refractivity contribution < 1.29 is 23.0 Å². The Morgan fingerprint density at radius 3 is 2.15 bits per heavy atom. The van der Waals surface area contributed by atoms with Crippen molar-refractivity contribution in [3.63, 3.8) is 0 Å². The number of rotatable bonds is 4. The second-order valence-corrected chi connectivity index (χ2v) is 5.70. The summed E-state index contributed by atoms with van der Waals surface area (Å²) < 4.78 is 26.6. The van der Waals surface area contributed by atoms with Crippen LogP contribution in [0.25, 0.3) is 21.9 Å².